The van der Waals surface area contributed by atoms with Crippen LogP contribution in [-0.2, 0) is 14.6 Å². The van der Waals surface area contributed by atoms with Crippen molar-refractivity contribution in [3.63, 3.8) is 0 Å². The Balaban J connectivity index is 4.15. The molecule has 0 amide bonds. The number of hydrogen-bond acceptors (Lipinski definition) is 3. The van der Waals surface area contributed by atoms with Gasteiger partial charge in [0.05, 0.1) is 5.75 Å². The third kappa shape index (κ3) is 6.90. The molecular weight excluding hydrogens is 236 g/mol. The quantitative estimate of drug-likeness (QED) is 0.623. The molecule has 0 aliphatic heterocycles. The SMILES string of the molecule is CCCS(=O)(=O)CCC(CCCl)C(C)=O. The Hall–Kier alpha value is -0.0900. The molecule has 0 rings (SSSR count). The Labute approximate surface area is 97.1 Å². The van der Waals surface area contributed by atoms with Gasteiger partial charge in [0.25, 0.3) is 0 Å². The number of hydrogen-bond donors (Lipinski definition) is 0. The first-order valence-electron chi connectivity index (χ1n) is 5.19. The van der Waals surface area contributed by atoms with Gasteiger partial charge in [0.15, 0.2) is 0 Å². The van der Waals surface area contributed by atoms with E-state index in [0.717, 1.165) is 0 Å². The Kier molecular flexibility index (Phi) is 7.18. The van der Waals surface area contributed by atoms with E-state index in [1.807, 2.05) is 6.92 Å². The maximum absolute atomic E-state index is 11.4. The van der Waals surface area contributed by atoms with E-state index in [2.05, 4.69) is 0 Å². The second-order valence-corrected chi connectivity index (χ2v) is 6.41. The number of ketones is 1. The highest BCUT2D eigenvalue weighted by Crippen LogP contribution is 2.13. The predicted molar refractivity (Wildman–Crippen MR) is 63.1 cm³/mol. The summed E-state index contributed by atoms with van der Waals surface area (Å²) in [6.45, 7) is 3.32. The standard InChI is InChI=1S/C10H19ClO3S/c1-3-7-15(13,14)8-5-10(4-6-11)9(2)12/h10H,3-8H2,1-2H3. The van der Waals surface area contributed by atoms with Crippen molar-refractivity contribution in [1.82, 2.24) is 0 Å². The van der Waals surface area contributed by atoms with Crippen molar-refractivity contribution in [2.24, 2.45) is 5.92 Å². The summed E-state index contributed by atoms with van der Waals surface area (Å²) in [5.41, 5.74) is 0. The average Bonchev–Trinajstić information content (AvgIpc) is 2.11. The van der Waals surface area contributed by atoms with Gasteiger partial charge in [-0.25, -0.2) is 8.42 Å². The number of sulfone groups is 1. The zero-order valence-corrected chi connectivity index (χ0v) is 10.9. The van der Waals surface area contributed by atoms with Crippen LogP contribution in [0.4, 0.5) is 0 Å². The molecule has 0 aliphatic carbocycles. The summed E-state index contributed by atoms with van der Waals surface area (Å²) in [5, 5.41) is 0. The number of carbonyl (C=O) groups is 1. The van der Waals surface area contributed by atoms with Gasteiger partial charge >= 0.3 is 0 Å². The van der Waals surface area contributed by atoms with Gasteiger partial charge in [0, 0.05) is 17.6 Å². The molecule has 0 aromatic rings. The van der Waals surface area contributed by atoms with Crippen molar-refractivity contribution in [2.45, 2.75) is 33.1 Å². The Morgan fingerprint density at radius 2 is 1.87 bits per heavy atom. The number of halogens is 1. The Morgan fingerprint density at radius 1 is 1.27 bits per heavy atom. The van der Waals surface area contributed by atoms with Crippen molar-refractivity contribution >= 4 is 27.2 Å². The van der Waals surface area contributed by atoms with Crippen LogP contribution in [0.25, 0.3) is 0 Å². The van der Waals surface area contributed by atoms with E-state index < -0.39 is 9.84 Å². The van der Waals surface area contributed by atoms with E-state index in [0.29, 0.717) is 25.1 Å². The highest BCUT2D eigenvalue weighted by Gasteiger charge is 2.17. The largest absolute Gasteiger partial charge is 0.300 e. The van der Waals surface area contributed by atoms with Crippen molar-refractivity contribution in [3.8, 4) is 0 Å². The maximum Gasteiger partial charge on any atom is 0.150 e. The van der Waals surface area contributed by atoms with Crippen molar-refractivity contribution in [2.75, 3.05) is 17.4 Å². The van der Waals surface area contributed by atoms with Gasteiger partial charge in [-0.1, -0.05) is 6.92 Å². The van der Waals surface area contributed by atoms with Gasteiger partial charge in [0.1, 0.15) is 15.6 Å². The van der Waals surface area contributed by atoms with Crippen LogP contribution in [0.5, 0.6) is 0 Å². The molecule has 3 nitrogen and oxygen atoms in total. The Morgan fingerprint density at radius 3 is 2.27 bits per heavy atom. The summed E-state index contributed by atoms with van der Waals surface area (Å²) in [6.07, 6.45) is 1.60. The lowest BCUT2D eigenvalue weighted by Gasteiger charge is -2.11. The lowest BCUT2D eigenvalue weighted by atomic mass is 9.99. The maximum atomic E-state index is 11.4. The molecule has 0 aromatic carbocycles. The van der Waals surface area contributed by atoms with Crippen LogP contribution in [0, 0.1) is 5.92 Å². The summed E-state index contributed by atoms with van der Waals surface area (Å²) in [5.74, 6) is 0.537. The molecule has 0 radical (unpaired) electrons. The van der Waals surface area contributed by atoms with Crippen LogP contribution in [0.2, 0.25) is 0 Å². The fourth-order valence-corrected chi connectivity index (χ4v) is 3.15. The van der Waals surface area contributed by atoms with Crippen LogP contribution < -0.4 is 0 Å². The minimum absolute atomic E-state index is 0.0300. The molecule has 0 heterocycles. The third-order valence-corrected chi connectivity index (χ3v) is 4.43. The highest BCUT2D eigenvalue weighted by atomic mass is 35.5. The molecule has 5 heteroatoms. The van der Waals surface area contributed by atoms with E-state index in [9.17, 15) is 13.2 Å². The van der Waals surface area contributed by atoms with E-state index in [4.69, 9.17) is 11.6 Å². The molecule has 15 heavy (non-hydrogen) atoms. The molecular formula is C10H19ClO3S. The molecule has 0 saturated heterocycles. The topological polar surface area (TPSA) is 51.2 Å². The summed E-state index contributed by atoms with van der Waals surface area (Å²) < 4.78 is 22.8. The zero-order valence-electron chi connectivity index (χ0n) is 9.33. The van der Waals surface area contributed by atoms with Gasteiger partial charge in [-0.05, 0) is 26.2 Å². The highest BCUT2D eigenvalue weighted by molar-refractivity contribution is 7.91. The summed E-state index contributed by atoms with van der Waals surface area (Å²) in [6, 6.07) is 0. The van der Waals surface area contributed by atoms with Gasteiger partial charge in [0.2, 0.25) is 0 Å². The first-order valence-corrected chi connectivity index (χ1v) is 7.55. The molecule has 0 aliphatic rings. The molecule has 0 aromatic heterocycles. The van der Waals surface area contributed by atoms with Crippen LogP contribution in [0.15, 0.2) is 0 Å². The monoisotopic (exact) mass is 254 g/mol. The van der Waals surface area contributed by atoms with Crippen LogP contribution in [0.1, 0.15) is 33.1 Å². The molecule has 0 N–H and O–H groups in total. The molecule has 1 unspecified atom stereocenters. The van der Waals surface area contributed by atoms with Gasteiger partial charge in [-0.15, -0.1) is 11.6 Å². The minimum atomic E-state index is -2.97. The normalized spacial score (nSPS) is 13.8. The van der Waals surface area contributed by atoms with E-state index in [-0.39, 0.29) is 23.2 Å². The smallest absolute Gasteiger partial charge is 0.150 e. The van der Waals surface area contributed by atoms with Gasteiger partial charge in [-0.2, -0.15) is 0 Å². The fraction of sp³-hybridized carbons (Fsp3) is 0.900. The number of carbonyl (C=O) groups excluding carboxylic acids is 1. The number of rotatable bonds is 8. The number of Topliss-reactive ketones (excluding diaryl/α,β-unsaturated/α-hetero) is 1. The van der Waals surface area contributed by atoms with Gasteiger partial charge < -0.3 is 0 Å². The van der Waals surface area contributed by atoms with Crippen LogP contribution in [0.3, 0.4) is 0 Å². The fourth-order valence-electron chi connectivity index (χ4n) is 1.42. The molecule has 90 valence electrons. The summed E-state index contributed by atoms with van der Waals surface area (Å²) in [7, 11) is -2.97. The zero-order chi connectivity index (χ0) is 11.9. The minimum Gasteiger partial charge on any atom is -0.300 e. The molecule has 0 saturated carbocycles. The number of alkyl halides is 1. The van der Waals surface area contributed by atoms with E-state index in [1.165, 1.54) is 6.92 Å². The van der Waals surface area contributed by atoms with Crippen LogP contribution >= 0.6 is 11.6 Å². The van der Waals surface area contributed by atoms with Crippen molar-refractivity contribution < 1.29 is 13.2 Å². The Bertz CT molecular complexity index is 285. The lowest BCUT2D eigenvalue weighted by molar-refractivity contribution is -0.120. The molecule has 0 spiro atoms. The molecule has 1 atom stereocenters. The predicted octanol–water partition coefficient (Wildman–Crippen LogP) is 2.04. The van der Waals surface area contributed by atoms with E-state index >= 15 is 0 Å². The van der Waals surface area contributed by atoms with E-state index in [1.54, 1.807) is 0 Å². The second-order valence-electron chi connectivity index (χ2n) is 3.73. The molecule has 0 bridgehead atoms. The molecule has 0 fully saturated rings. The first-order chi connectivity index (χ1) is 6.93. The van der Waals surface area contributed by atoms with Crippen molar-refractivity contribution in [1.29, 1.82) is 0 Å². The van der Waals surface area contributed by atoms with Crippen molar-refractivity contribution in [3.05, 3.63) is 0 Å². The summed E-state index contributed by atoms with van der Waals surface area (Å²) >= 11 is 5.55. The van der Waals surface area contributed by atoms with Gasteiger partial charge in [-0.3, -0.25) is 4.79 Å². The summed E-state index contributed by atoms with van der Waals surface area (Å²) in [4.78, 5) is 11.2. The first kappa shape index (κ1) is 14.9. The second kappa shape index (κ2) is 7.23. The lowest BCUT2D eigenvalue weighted by Crippen LogP contribution is -2.18. The van der Waals surface area contributed by atoms with Crippen LogP contribution in [-0.4, -0.2) is 31.6 Å². The average molecular weight is 255 g/mol. The third-order valence-electron chi connectivity index (χ3n) is 2.32.